The summed E-state index contributed by atoms with van der Waals surface area (Å²) in [4.78, 5) is 14.3. The molecule has 5 heteroatoms. The lowest BCUT2D eigenvalue weighted by molar-refractivity contribution is -0.605. The van der Waals surface area contributed by atoms with E-state index < -0.39 is 0 Å². The summed E-state index contributed by atoms with van der Waals surface area (Å²) >= 11 is 0. The average Bonchev–Trinajstić information content (AvgIpc) is 2.51. The molecule has 1 heterocycles. The summed E-state index contributed by atoms with van der Waals surface area (Å²) in [5, 5.41) is 13.8. The molecule has 0 saturated heterocycles. The SMILES string of the molecule is CCN(CC)c1ccc(NC(=O)c2cc[n+]([O-])cc2)cc1. The average molecular weight is 285 g/mol. The molecular weight excluding hydrogens is 266 g/mol. The third-order valence-corrected chi connectivity index (χ3v) is 3.32. The third kappa shape index (κ3) is 3.72. The zero-order valence-electron chi connectivity index (χ0n) is 12.2. The molecule has 0 unspecified atom stereocenters. The van der Waals surface area contributed by atoms with Gasteiger partial charge in [0.05, 0.1) is 5.56 Å². The van der Waals surface area contributed by atoms with Crippen LogP contribution in [0.4, 0.5) is 11.4 Å². The molecule has 1 N–H and O–H groups in total. The number of hydrogen-bond acceptors (Lipinski definition) is 3. The molecule has 0 aliphatic carbocycles. The van der Waals surface area contributed by atoms with Crippen LogP contribution in [-0.4, -0.2) is 19.0 Å². The number of pyridine rings is 1. The number of rotatable bonds is 5. The molecule has 0 aliphatic heterocycles. The van der Waals surface area contributed by atoms with Crippen LogP contribution in [0.25, 0.3) is 0 Å². The summed E-state index contributed by atoms with van der Waals surface area (Å²) < 4.78 is 0.648. The molecule has 0 fully saturated rings. The summed E-state index contributed by atoms with van der Waals surface area (Å²) in [6.07, 6.45) is 2.61. The lowest BCUT2D eigenvalue weighted by atomic mass is 10.2. The van der Waals surface area contributed by atoms with Crippen molar-refractivity contribution in [3.8, 4) is 0 Å². The highest BCUT2D eigenvalue weighted by Gasteiger charge is 2.08. The molecular formula is C16H19N3O2. The molecule has 2 rings (SSSR count). The first-order valence-electron chi connectivity index (χ1n) is 6.99. The van der Waals surface area contributed by atoms with Crippen LogP contribution in [-0.2, 0) is 0 Å². The molecule has 1 aromatic carbocycles. The zero-order valence-corrected chi connectivity index (χ0v) is 12.2. The molecule has 110 valence electrons. The van der Waals surface area contributed by atoms with Crippen LogP contribution >= 0.6 is 0 Å². The van der Waals surface area contributed by atoms with Crippen LogP contribution in [0.3, 0.4) is 0 Å². The normalized spacial score (nSPS) is 10.2. The maximum absolute atomic E-state index is 12.0. The Balaban J connectivity index is 2.06. The maximum Gasteiger partial charge on any atom is 0.256 e. The number of carbonyl (C=O) groups is 1. The van der Waals surface area contributed by atoms with Crippen LogP contribution in [0.15, 0.2) is 48.8 Å². The van der Waals surface area contributed by atoms with E-state index in [-0.39, 0.29) is 5.91 Å². The number of amides is 1. The molecule has 0 radical (unpaired) electrons. The van der Waals surface area contributed by atoms with Gasteiger partial charge in [0, 0.05) is 36.6 Å². The van der Waals surface area contributed by atoms with E-state index in [0.29, 0.717) is 10.3 Å². The standard InChI is InChI=1S/C16H19N3O2/c1-3-18(4-2)15-7-5-14(6-8-15)17-16(20)13-9-11-19(21)12-10-13/h5-12H,3-4H2,1-2H3,(H,17,20). The Kier molecular flexibility index (Phi) is 4.77. The lowest BCUT2D eigenvalue weighted by Gasteiger charge is -2.21. The smallest absolute Gasteiger partial charge is 0.256 e. The second-order valence-electron chi connectivity index (χ2n) is 4.62. The Hall–Kier alpha value is -2.56. The van der Waals surface area contributed by atoms with E-state index in [0.717, 1.165) is 24.5 Å². The number of carbonyl (C=O) groups excluding carboxylic acids is 1. The number of aromatic nitrogens is 1. The first-order valence-corrected chi connectivity index (χ1v) is 6.99. The van der Waals surface area contributed by atoms with Crippen molar-refractivity contribution in [1.29, 1.82) is 0 Å². The molecule has 0 bridgehead atoms. The molecule has 0 saturated carbocycles. The van der Waals surface area contributed by atoms with Gasteiger partial charge in [-0.1, -0.05) is 0 Å². The first kappa shape index (κ1) is 14.8. The van der Waals surface area contributed by atoms with E-state index in [1.165, 1.54) is 24.5 Å². The largest absolute Gasteiger partial charge is 0.619 e. The minimum absolute atomic E-state index is 0.230. The lowest BCUT2D eigenvalue weighted by Crippen LogP contribution is -2.25. The molecule has 1 amide bonds. The highest BCUT2D eigenvalue weighted by atomic mass is 16.5. The van der Waals surface area contributed by atoms with Crippen LogP contribution in [0.5, 0.6) is 0 Å². The molecule has 0 aliphatic rings. The number of anilines is 2. The van der Waals surface area contributed by atoms with Gasteiger partial charge in [-0.05, 0) is 38.1 Å². The zero-order chi connectivity index (χ0) is 15.2. The predicted molar refractivity (Wildman–Crippen MR) is 83.4 cm³/mol. The Labute approximate surface area is 124 Å². The number of nitrogens with one attached hydrogen (secondary N) is 1. The molecule has 0 atom stereocenters. The highest BCUT2D eigenvalue weighted by molar-refractivity contribution is 6.04. The fraction of sp³-hybridized carbons (Fsp3) is 0.250. The van der Waals surface area contributed by atoms with Gasteiger partial charge in [-0.2, -0.15) is 4.73 Å². The maximum atomic E-state index is 12.0. The molecule has 0 spiro atoms. The van der Waals surface area contributed by atoms with Gasteiger partial charge in [0.2, 0.25) is 0 Å². The van der Waals surface area contributed by atoms with E-state index in [2.05, 4.69) is 24.1 Å². The fourth-order valence-corrected chi connectivity index (χ4v) is 2.11. The van der Waals surface area contributed by atoms with Crippen molar-refractivity contribution in [3.63, 3.8) is 0 Å². The van der Waals surface area contributed by atoms with Crippen molar-refractivity contribution in [3.05, 3.63) is 59.6 Å². The van der Waals surface area contributed by atoms with Gasteiger partial charge < -0.3 is 15.4 Å². The molecule has 2 aromatic rings. The molecule has 21 heavy (non-hydrogen) atoms. The Morgan fingerprint density at radius 1 is 1.10 bits per heavy atom. The quantitative estimate of drug-likeness (QED) is 0.678. The predicted octanol–water partition coefficient (Wildman–Crippen LogP) is 2.42. The van der Waals surface area contributed by atoms with Gasteiger partial charge in [0.1, 0.15) is 0 Å². The Morgan fingerprint density at radius 3 is 2.19 bits per heavy atom. The fourth-order valence-electron chi connectivity index (χ4n) is 2.11. The Morgan fingerprint density at radius 2 is 1.67 bits per heavy atom. The number of benzene rings is 1. The highest BCUT2D eigenvalue weighted by Crippen LogP contribution is 2.18. The van der Waals surface area contributed by atoms with Gasteiger partial charge in [0.15, 0.2) is 12.4 Å². The van der Waals surface area contributed by atoms with E-state index in [9.17, 15) is 10.0 Å². The van der Waals surface area contributed by atoms with Gasteiger partial charge in [-0.15, -0.1) is 0 Å². The summed E-state index contributed by atoms with van der Waals surface area (Å²) in [7, 11) is 0. The molecule has 5 nitrogen and oxygen atoms in total. The van der Waals surface area contributed by atoms with Gasteiger partial charge >= 0.3 is 0 Å². The van der Waals surface area contributed by atoms with Crippen molar-refractivity contribution in [2.45, 2.75) is 13.8 Å². The molecule has 1 aromatic heterocycles. The van der Waals surface area contributed by atoms with E-state index in [1.807, 2.05) is 24.3 Å². The minimum Gasteiger partial charge on any atom is -0.619 e. The Bertz CT molecular complexity index is 590. The van der Waals surface area contributed by atoms with Crippen LogP contribution < -0.4 is 14.9 Å². The van der Waals surface area contributed by atoms with Crippen molar-refractivity contribution in [2.75, 3.05) is 23.3 Å². The summed E-state index contributed by atoms with van der Waals surface area (Å²) in [5.74, 6) is -0.230. The number of nitrogens with zero attached hydrogens (tertiary/aromatic N) is 2. The second kappa shape index (κ2) is 6.74. The van der Waals surface area contributed by atoms with Gasteiger partial charge in [-0.3, -0.25) is 4.79 Å². The van der Waals surface area contributed by atoms with Crippen molar-refractivity contribution >= 4 is 17.3 Å². The van der Waals surface area contributed by atoms with Crippen molar-refractivity contribution in [2.24, 2.45) is 0 Å². The van der Waals surface area contributed by atoms with E-state index in [1.54, 1.807) is 0 Å². The number of hydrogen-bond donors (Lipinski definition) is 1. The van der Waals surface area contributed by atoms with Gasteiger partial charge in [0.25, 0.3) is 5.91 Å². The van der Waals surface area contributed by atoms with Gasteiger partial charge in [-0.25, -0.2) is 0 Å². The summed E-state index contributed by atoms with van der Waals surface area (Å²) in [6, 6.07) is 10.7. The van der Waals surface area contributed by atoms with Crippen molar-refractivity contribution < 1.29 is 9.52 Å². The topological polar surface area (TPSA) is 59.3 Å². The summed E-state index contributed by atoms with van der Waals surface area (Å²) in [5.41, 5.74) is 2.31. The monoisotopic (exact) mass is 285 g/mol. The van der Waals surface area contributed by atoms with Crippen LogP contribution in [0, 0.1) is 5.21 Å². The first-order chi connectivity index (χ1) is 10.1. The van der Waals surface area contributed by atoms with E-state index >= 15 is 0 Å². The second-order valence-corrected chi connectivity index (χ2v) is 4.62. The van der Waals surface area contributed by atoms with Crippen LogP contribution in [0.2, 0.25) is 0 Å². The van der Waals surface area contributed by atoms with E-state index in [4.69, 9.17) is 0 Å². The summed E-state index contributed by atoms with van der Waals surface area (Å²) in [6.45, 7) is 6.11. The van der Waals surface area contributed by atoms with Crippen LogP contribution in [0.1, 0.15) is 24.2 Å². The minimum atomic E-state index is -0.230. The third-order valence-electron chi connectivity index (χ3n) is 3.32. The van der Waals surface area contributed by atoms with Crippen molar-refractivity contribution in [1.82, 2.24) is 0 Å².